The minimum Gasteiger partial charge on any atom is -0.319 e. The summed E-state index contributed by atoms with van der Waals surface area (Å²) in [6.45, 7) is 1.27. The van der Waals surface area contributed by atoms with E-state index in [1.165, 1.54) is 45.1 Å². The molecule has 2 aliphatic carbocycles. The molecule has 0 radical (unpaired) electrons. The molecule has 2 fully saturated rings. The van der Waals surface area contributed by atoms with Crippen LogP contribution in [0, 0.1) is 17.8 Å². The van der Waals surface area contributed by atoms with Crippen molar-refractivity contribution in [3.8, 4) is 0 Å². The van der Waals surface area contributed by atoms with E-state index in [1.54, 1.807) is 0 Å². The Balaban J connectivity index is 1.94. The van der Waals surface area contributed by atoms with Gasteiger partial charge in [-0.05, 0) is 44.2 Å². The Morgan fingerprint density at radius 3 is 2.58 bits per heavy atom. The molecule has 1 heteroatoms. The standard InChI is InChI=1S/C11H21N/c1-12-8-10-6-2-4-9-5-3-7-11(9)10/h9-12H,2-8H2,1H3. The molecule has 3 unspecified atom stereocenters. The van der Waals surface area contributed by atoms with Crippen LogP contribution in [0.5, 0.6) is 0 Å². The molecule has 12 heavy (non-hydrogen) atoms. The van der Waals surface area contributed by atoms with Gasteiger partial charge in [0, 0.05) is 0 Å². The summed E-state index contributed by atoms with van der Waals surface area (Å²) in [6, 6.07) is 0. The van der Waals surface area contributed by atoms with Crippen molar-refractivity contribution in [2.24, 2.45) is 17.8 Å². The second-order valence-electron chi connectivity index (χ2n) is 4.60. The van der Waals surface area contributed by atoms with E-state index in [4.69, 9.17) is 0 Å². The van der Waals surface area contributed by atoms with Gasteiger partial charge in [0.15, 0.2) is 0 Å². The Labute approximate surface area is 75.9 Å². The van der Waals surface area contributed by atoms with Crippen LogP contribution in [0.15, 0.2) is 0 Å². The number of rotatable bonds is 2. The largest absolute Gasteiger partial charge is 0.319 e. The lowest BCUT2D eigenvalue weighted by atomic mass is 9.74. The topological polar surface area (TPSA) is 12.0 Å². The van der Waals surface area contributed by atoms with Crippen LogP contribution < -0.4 is 5.32 Å². The molecular formula is C11H21N. The molecule has 2 aliphatic rings. The van der Waals surface area contributed by atoms with Gasteiger partial charge >= 0.3 is 0 Å². The van der Waals surface area contributed by atoms with Gasteiger partial charge in [-0.2, -0.15) is 0 Å². The molecule has 0 aromatic carbocycles. The Morgan fingerprint density at radius 1 is 1.08 bits per heavy atom. The summed E-state index contributed by atoms with van der Waals surface area (Å²) in [6.07, 6.45) is 9.08. The lowest BCUT2D eigenvalue weighted by Crippen LogP contribution is -2.31. The fraction of sp³-hybridized carbons (Fsp3) is 1.00. The minimum atomic E-state index is 1.01. The van der Waals surface area contributed by atoms with Gasteiger partial charge in [0.1, 0.15) is 0 Å². The van der Waals surface area contributed by atoms with Crippen molar-refractivity contribution in [3.05, 3.63) is 0 Å². The molecule has 0 heterocycles. The molecule has 0 amide bonds. The molecule has 0 bridgehead atoms. The summed E-state index contributed by atoms with van der Waals surface area (Å²) < 4.78 is 0. The number of hydrogen-bond acceptors (Lipinski definition) is 1. The van der Waals surface area contributed by atoms with Crippen LogP contribution in [0.25, 0.3) is 0 Å². The van der Waals surface area contributed by atoms with Crippen molar-refractivity contribution in [2.75, 3.05) is 13.6 Å². The molecule has 1 N–H and O–H groups in total. The maximum atomic E-state index is 3.35. The SMILES string of the molecule is CNCC1CCCC2CCCC21. The van der Waals surface area contributed by atoms with Crippen LogP contribution in [0.1, 0.15) is 38.5 Å². The number of nitrogens with one attached hydrogen (secondary N) is 1. The maximum absolute atomic E-state index is 3.35. The average molecular weight is 167 g/mol. The van der Waals surface area contributed by atoms with Crippen molar-refractivity contribution >= 4 is 0 Å². The van der Waals surface area contributed by atoms with Crippen LogP contribution >= 0.6 is 0 Å². The first-order valence-corrected chi connectivity index (χ1v) is 5.56. The normalized spacial score (nSPS) is 41.2. The summed E-state index contributed by atoms with van der Waals surface area (Å²) >= 11 is 0. The zero-order valence-electron chi connectivity index (χ0n) is 8.18. The highest BCUT2D eigenvalue weighted by Gasteiger charge is 2.35. The molecule has 70 valence electrons. The highest BCUT2D eigenvalue weighted by molar-refractivity contribution is 4.87. The van der Waals surface area contributed by atoms with Crippen LogP contribution in [-0.2, 0) is 0 Å². The van der Waals surface area contributed by atoms with E-state index in [0.717, 1.165) is 17.8 Å². The molecule has 2 rings (SSSR count). The monoisotopic (exact) mass is 167 g/mol. The van der Waals surface area contributed by atoms with Crippen molar-refractivity contribution in [1.82, 2.24) is 5.32 Å². The van der Waals surface area contributed by atoms with Gasteiger partial charge in [0.05, 0.1) is 0 Å². The molecule has 2 saturated carbocycles. The molecular weight excluding hydrogens is 146 g/mol. The van der Waals surface area contributed by atoms with E-state index in [-0.39, 0.29) is 0 Å². The maximum Gasteiger partial charge on any atom is -0.00208 e. The third kappa shape index (κ3) is 1.52. The predicted molar refractivity (Wildman–Crippen MR) is 52.1 cm³/mol. The summed E-state index contributed by atoms with van der Waals surface area (Å²) in [7, 11) is 2.10. The Kier molecular flexibility index (Phi) is 2.69. The van der Waals surface area contributed by atoms with Crippen molar-refractivity contribution in [1.29, 1.82) is 0 Å². The zero-order chi connectivity index (χ0) is 8.39. The summed E-state index contributed by atoms with van der Waals surface area (Å²) in [5.74, 6) is 3.21. The fourth-order valence-corrected chi connectivity index (χ4v) is 3.42. The molecule has 0 aromatic rings. The predicted octanol–water partition coefficient (Wildman–Crippen LogP) is 2.42. The first kappa shape index (κ1) is 8.55. The Morgan fingerprint density at radius 2 is 1.83 bits per heavy atom. The molecule has 0 spiro atoms. The van der Waals surface area contributed by atoms with Gasteiger partial charge < -0.3 is 5.32 Å². The van der Waals surface area contributed by atoms with Crippen LogP contribution in [0.2, 0.25) is 0 Å². The van der Waals surface area contributed by atoms with Gasteiger partial charge in [0.2, 0.25) is 0 Å². The van der Waals surface area contributed by atoms with E-state index in [0.29, 0.717) is 0 Å². The van der Waals surface area contributed by atoms with Gasteiger partial charge in [-0.25, -0.2) is 0 Å². The molecule has 0 saturated heterocycles. The quantitative estimate of drug-likeness (QED) is 0.666. The third-order valence-corrected chi connectivity index (χ3v) is 3.94. The van der Waals surface area contributed by atoms with Crippen LogP contribution in [-0.4, -0.2) is 13.6 Å². The Hall–Kier alpha value is -0.0400. The fourth-order valence-electron chi connectivity index (χ4n) is 3.42. The third-order valence-electron chi connectivity index (χ3n) is 3.94. The van der Waals surface area contributed by atoms with Gasteiger partial charge in [-0.15, -0.1) is 0 Å². The van der Waals surface area contributed by atoms with Crippen molar-refractivity contribution < 1.29 is 0 Å². The Bertz CT molecular complexity index is 142. The zero-order valence-corrected chi connectivity index (χ0v) is 8.18. The second kappa shape index (κ2) is 3.78. The highest BCUT2D eigenvalue weighted by Crippen LogP contribution is 2.44. The van der Waals surface area contributed by atoms with Gasteiger partial charge in [-0.1, -0.05) is 25.7 Å². The second-order valence-corrected chi connectivity index (χ2v) is 4.60. The number of fused-ring (bicyclic) bond motifs is 1. The summed E-state index contributed by atoms with van der Waals surface area (Å²) in [4.78, 5) is 0. The summed E-state index contributed by atoms with van der Waals surface area (Å²) in [5, 5.41) is 3.35. The van der Waals surface area contributed by atoms with E-state index in [1.807, 2.05) is 0 Å². The van der Waals surface area contributed by atoms with E-state index in [9.17, 15) is 0 Å². The van der Waals surface area contributed by atoms with Crippen LogP contribution in [0.4, 0.5) is 0 Å². The first-order chi connectivity index (χ1) is 5.92. The molecule has 0 aliphatic heterocycles. The van der Waals surface area contributed by atoms with Crippen molar-refractivity contribution in [2.45, 2.75) is 38.5 Å². The van der Waals surface area contributed by atoms with E-state index >= 15 is 0 Å². The summed E-state index contributed by atoms with van der Waals surface area (Å²) in [5.41, 5.74) is 0. The lowest BCUT2D eigenvalue weighted by molar-refractivity contribution is 0.180. The van der Waals surface area contributed by atoms with Gasteiger partial charge in [-0.3, -0.25) is 0 Å². The first-order valence-electron chi connectivity index (χ1n) is 5.56. The lowest BCUT2D eigenvalue weighted by Gasteiger charge is -2.33. The number of hydrogen-bond donors (Lipinski definition) is 1. The van der Waals surface area contributed by atoms with E-state index in [2.05, 4.69) is 12.4 Å². The smallest absolute Gasteiger partial charge is 0.00208 e. The van der Waals surface area contributed by atoms with Crippen LogP contribution in [0.3, 0.4) is 0 Å². The average Bonchev–Trinajstić information content (AvgIpc) is 2.53. The van der Waals surface area contributed by atoms with Crippen molar-refractivity contribution in [3.63, 3.8) is 0 Å². The molecule has 0 aromatic heterocycles. The van der Waals surface area contributed by atoms with Gasteiger partial charge in [0.25, 0.3) is 0 Å². The minimum absolute atomic E-state index is 1.01. The van der Waals surface area contributed by atoms with E-state index < -0.39 is 0 Å². The molecule has 3 atom stereocenters. The molecule has 1 nitrogen and oxygen atoms in total. The highest BCUT2D eigenvalue weighted by atomic mass is 14.8.